The minimum atomic E-state index is -0.402. The number of aromatic nitrogens is 4. The Morgan fingerprint density at radius 2 is 2.10 bits per heavy atom. The fourth-order valence-electron chi connectivity index (χ4n) is 2.69. The van der Waals surface area contributed by atoms with Crippen LogP contribution < -0.4 is 15.4 Å². The number of carbonyl (C=O) groups is 2. The van der Waals surface area contributed by atoms with E-state index in [2.05, 4.69) is 32.4 Å². The van der Waals surface area contributed by atoms with Crippen LogP contribution >= 0.6 is 23.1 Å². The number of ether oxygens (including phenoxy) is 1. The van der Waals surface area contributed by atoms with Crippen molar-refractivity contribution in [2.24, 2.45) is 0 Å². The minimum Gasteiger partial charge on any atom is -0.497 e. The maximum Gasteiger partial charge on any atom is 0.251 e. The van der Waals surface area contributed by atoms with Crippen LogP contribution in [0.25, 0.3) is 0 Å². The van der Waals surface area contributed by atoms with Crippen LogP contribution in [-0.2, 0) is 11.3 Å². The van der Waals surface area contributed by atoms with E-state index >= 15 is 0 Å². The van der Waals surface area contributed by atoms with Gasteiger partial charge < -0.3 is 19.9 Å². The quantitative estimate of drug-likeness (QED) is 0.355. The summed E-state index contributed by atoms with van der Waals surface area (Å²) in [7, 11) is 1.57. The van der Waals surface area contributed by atoms with Gasteiger partial charge in [-0.1, -0.05) is 17.8 Å². The smallest absolute Gasteiger partial charge is 0.251 e. The Hall–Kier alpha value is -3.18. The Bertz CT molecular complexity index is 1030. The molecule has 3 aromatic rings. The molecule has 0 unspecified atom stereocenters. The van der Waals surface area contributed by atoms with Gasteiger partial charge in [0.2, 0.25) is 5.91 Å². The standard InChI is InChI=1S/C20H22N6O3S2/c1-4-10-26-17(13(2)22-18(28)14-5-7-15(29-3)8-6-14)24-25-20(26)31-12-16(27)23-19-21-9-11-30-19/h4-9,11,13H,1,10,12H2,2-3H3,(H,22,28)(H,21,23,27)/t13-/m0/s1. The van der Waals surface area contributed by atoms with E-state index in [0.717, 1.165) is 0 Å². The van der Waals surface area contributed by atoms with Gasteiger partial charge in [0.1, 0.15) is 5.75 Å². The number of anilines is 1. The molecule has 11 heteroatoms. The third kappa shape index (κ3) is 5.92. The highest BCUT2D eigenvalue weighted by molar-refractivity contribution is 7.99. The van der Waals surface area contributed by atoms with E-state index in [4.69, 9.17) is 4.74 Å². The molecule has 1 atom stereocenters. The number of rotatable bonds is 10. The van der Waals surface area contributed by atoms with Crippen LogP contribution in [0.2, 0.25) is 0 Å². The lowest BCUT2D eigenvalue weighted by molar-refractivity contribution is -0.113. The Labute approximate surface area is 187 Å². The molecule has 2 N–H and O–H groups in total. The Morgan fingerprint density at radius 3 is 2.74 bits per heavy atom. The first-order chi connectivity index (χ1) is 15.0. The number of methoxy groups -OCH3 is 1. The summed E-state index contributed by atoms with van der Waals surface area (Å²) in [5.41, 5.74) is 0.510. The number of allylic oxidation sites excluding steroid dienone is 1. The second-order valence-corrected chi connectivity index (χ2v) is 8.17. The Balaban J connectivity index is 1.65. The zero-order valence-corrected chi connectivity index (χ0v) is 18.7. The Kier molecular flexibility index (Phi) is 7.79. The van der Waals surface area contributed by atoms with Gasteiger partial charge in [-0.05, 0) is 31.2 Å². The predicted octanol–water partition coefficient (Wildman–Crippen LogP) is 3.15. The summed E-state index contributed by atoms with van der Waals surface area (Å²) >= 11 is 2.61. The largest absolute Gasteiger partial charge is 0.497 e. The predicted molar refractivity (Wildman–Crippen MR) is 121 cm³/mol. The number of nitrogens with zero attached hydrogens (tertiary/aromatic N) is 4. The number of thiazole rings is 1. The molecule has 0 radical (unpaired) electrons. The van der Waals surface area contributed by atoms with Gasteiger partial charge in [0.05, 0.1) is 18.9 Å². The van der Waals surface area contributed by atoms with Crippen molar-refractivity contribution in [1.29, 1.82) is 0 Å². The molecule has 3 rings (SSSR count). The summed E-state index contributed by atoms with van der Waals surface area (Å²) in [5.74, 6) is 0.984. The van der Waals surface area contributed by atoms with Crippen molar-refractivity contribution >= 4 is 40.0 Å². The van der Waals surface area contributed by atoms with Crippen molar-refractivity contribution in [3.63, 3.8) is 0 Å². The Morgan fingerprint density at radius 1 is 1.32 bits per heavy atom. The molecular weight excluding hydrogens is 436 g/mol. The van der Waals surface area contributed by atoms with Gasteiger partial charge in [-0.25, -0.2) is 4.98 Å². The van der Waals surface area contributed by atoms with Gasteiger partial charge >= 0.3 is 0 Å². The summed E-state index contributed by atoms with van der Waals surface area (Å²) in [6.45, 7) is 6.05. The molecule has 1 aromatic carbocycles. The zero-order valence-electron chi connectivity index (χ0n) is 17.1. The zero-order chi connectivity index (χ0) is 22.2. The molecule has 2 heterocycles. The van der Waals surface area contributed by atoms with Crippen LogP contribution in [-0.4, -0.2) is 44.4 Å². The van der Waals surface area contributed by atoms with Gasteiger partial charge in [0, 0.05) is 23.7 Å². The minimum absolute atomic E-state index is 0.154. The van der Waals surface area contributed by atoms with Gasteiger partial charge in [0.25, 0.3) is 5.91 Å². The van der Waals surface area contributed by atoms with Crippen molar-refractivity contribution in [2.45, 2.75) is 24.7 Å². The number of hydrogen-bond acceptors (Lipinski definition) is 8. The highest BCUT2D eigenvalue weighted by Crippen LogP contribution is 2.22. The lowest BCUT2D eigenvalue weighted by atomic mass is 10.2. The van der Waals surface area contributed by atoms with Crippen LogP contribution in [0.1, 0.15) is 29.1 Å². The van der Waals surface area contributed by atoms with Crippen molar-refractivity contribution in [1.82, 2.24) is 25.1 Å². The maximum absolute atomic E-state index is 12.6. The van der Waals surface area contributed by atoms with E-state index in [1.165, 1.54) is 23.1 Å². The van der Waals surface area contributed by atoms with Crippen molar-refractivity contribution < 1.29 is 14.3 Å². The first-order valence-corrected chi connectivity index (χ1v) is 11.2. The molecule has 0 saturated heterocycles. The van der Waals surface area contributed by atoms with Crippen LogP contribution in [0.15, 0.2) is 53.7 Å². The molecule has 0 aliphatic heterocycles. The number of hydrogen-bond donors (Lipinski definition) is 2. The van der Waals surface area contributed by atoms with Crippen LogP contribution in [0.3, 0.4) is 0 Å². The lowest BCUT2D eigenvalue weighted by Crippen LogP contribution is -2.28. The number of carbonyl (C=O) groups excluding carboxylic acids is 2. The van der Waals surface area contributed by atoms with Gasteiger partial charge in [0.15, 0.2) is 16.1 Å². The van der Waals surface area contributed by atoms with E-state index in [1.54, 1.807) is 49.0 Å². The van der Waals surface area contributed by atoms with Gasteiger partial charge in [-0.2, -0.15) is 0 Å². The summed E-state index contributed by atoms with van der Waals surface area (Å²) in [5, 5.41) is 17.0. The summed E-state index contributed by atoms with van der Waals surface area (Å²) in [6.07, 6.45) is 3.34. The third-order valence-corrected chi connectivity index (χ3v) is 5.81. The fraction of sp³-hybridized carbons (Fsp3) is 0.250. The number of thioether (sulfide) groups is 1. The van der Waals surface area contributed by atoms with Gasteiger partial charge in [-0.15, -0.1) is 28.1 Å². The van der Waals surface area contributed by atoms with Crippen molar-refractivity contribution in [3.05, 3.63) is 59.9 Å². The van der Waals surface area contributed by atoms with E-state index < -0.39 is 6.04 Å². The molecular formula is C20H22N6O3S2. The van der Waals surface area contributed by atoms with E-state index in [1.807, 2.05) is 11.5 Å². The van der Waals surface area contributed by atoms with E-state index in [0.29, 0.717) is 34.0 Å². The molecule has 0 spiro atoms. The third-order valence-electron chi connectivity index (χ3n) is 4.16. The lowest BCUT2D eigenvalue weighted by Gasteiger charge is -2.15. The molecule has 0 aliphatic rings. The fourth-order valence-corrected chi connectivity index (χ4v) is 3.99. The number of amides is 2. The monoisotopic (exact) mass is 458 g/mol. The second kappa shape index (κ2) is 10.7. The number of nitrogens with one attached hydrogen (secondary N) is 2. The topological polar surface area (TPSA) is 111 Å². The van der Waals surface area contributed by atoms with Crippen LogP contribution in [0.4, 0.5) is 5.13 Å². The average molecular weight is 459 g/mol. The normalized spacial score (nSPS) is 11.5. The van der Waals surface area contributed by atoms with Gasteiger partial charge in [-0.3, -0.25) is 9.59 Å². The van der Waals surface area contributed by atoms with E-state index in [-0.39, 0.29) is 17.6 Å². The molecule has 0 bridgehead atoms. The molecule has 31 heavy (non-hydrogen) atoms. The van der Waals surface area contributed by atoms with Crippen LogP contribution in [0, 0.1) is 0 Å². The van der Waals surface area contributed by atoms with Crippen molar-refractivity contribution in [3.8, 4) is 5.75 Å². The molecule has 162 valence electrons. The first kappa shape index (κ1) is 22.5. The van der Waals surface area contributed by atoms with Crippen molar-refractivity contribution in [2.75, 3.05) is 18.2 Å². The molecule has 0 saturated carbocycles. The summed E-state index contributed by atoms with van der Waals surface area (Å²) < 4.78 is 6.94. The summed E-state index contributed by atoms with van der Waals surface area (Å²) in [6, 6.07) is 6.44. The molecule has 0 fully saturated rings. The second-order valence-electron chi connectivity index (χ2n) is 6.34. The summed E-state index contributed by atoms with van der Waals surface area (Å²) in [4.78, 5) is 28.7. The number of benzene rings is 1. The molecule has 2 amide bonds. The molecule has 9 nitrogen and oxygen atoms in total. The van der Waals surface area contributed by atoms with E-state index in [9.17, 15) is 9.59 Å². The maximum atomic E-state index is 12.6. The SMILES string of the molecule is C=CCn1c(SCC(=O)Nc2nccs2)nnc1[C@H](C)NC(=O)c1ccc(OC)cc1. The first-order valence-electron chi connectivity index (χ1n) is 9.33. The highest BCUT2D eigenvalue weighted by atomic mass is 32.2. The highest BCUT2D eigenvalue weighted by Gasteiger charge is 2.20. The average Bonchev–Trinajstić information content (AvgIpc) is 3.42. The molecule has 2 aromatic heterocycles. The van der Waals surface area contributed by atoms with Crippen LogP contribution in [0.5, 0.6) is 5.75 Å². The molecule has 0 aliphatic carbocycles.